The minimum Gasteiger partial charge on any atom is -0.401 e. The molecule has 20 heavy (non-hydrogen) atoms. The quantitative estimate of drug-likeness (QED) is 0.507. The van der Waals surface area contributed by atoms with Crippen molar-refractivity contribution in [2.24, 2.45) is 11.5 Å². The Morgan fingerprint density at radius 2 is 1.85 bits per heavy atom. The molecular weight excluding hydrogens is 263 g/mol. The van der Waals surface area contributed by atoms with Gasteiger partial charge in [0.2, 0.25) is 0 Å². The van der Waals surface area contributed by atoms with Crippen molar-refractivity contribution in [2.45, 2.75) is 20.3 Å². The van der Waals surface area contributed by atoms with E-state index in [1.807, 2.05) is 31.2 Å². The van der Waals surface area contributed by atoms with Crippen LogP contribution in [0.1, 0.15) is 25.8 Å². The summed E-state index contributed by atoms with van der Waals surface area (Å²) in [5.41, 5.74) is 16.5. The van der Waals surface area contributed by atoms with Crippen molar-refractivity contribution in [1.29, 1.82) is 0 Å². The van der Waals surface area contributed by atoms with Crippen LogP contribution in [0.3, 0.4) is 0 Å². The SMILES string of the molecule is C#CC(/C(=C(/CC)C(=C)N)c1ccc(P)cc1)=C(/C)N. The maximum atomic E-state index is 5.94. The summed E-state index contributed by atoms with van der Waals surface area (Å²) in [7, 11) is 2.66. The summed E-state index contributed by atoms with van der Waals surface area (Å²) in [6.07, 6.45) is 6.38. The Morgan fingerprint density at radius 3 is 2.20 bits per heavy atom. The third kappa shape index (κ3) is 3.53. The van der Waals surface area contributed by atoms with E-state index in [0.29, 0.717) is 17.0 Å². The molecule has 0 aliphatic rings. The van der Waals surface area contributed by atoms with E-state index in [4.69, 9.17) is 17.9 Å². The van der Waals surface area contributed by atoms with Gasteiger partial charge in [0, 0.05) is 17.0 Å². The molecule has 4 N–H and O–H groups in total. The van der Waals surface area contributed by atoms with Gasteiger partial charge in [-0.3, -0.25) is 0 Å². The molecule has 0 heterocycles. The van der Waals surface area contributed by atoms with Gasteiger partial charge in [0.05, 0.1) is 5.57 Å². The lowest BCUT2D eigenvalue weighted by molar-refractivity contribution is 1.09. The highest BCUT2D eigenvalue weighted by atomic mass is 31.0. The van der Waals surface area contributed by atoms with E-state index in [-0.39, 0.29) is 0 Å². The molecule has 0 aliphatic carbocycles. The summed E-state index contributed by atoms with van der Waals surface area (Å²) in [5.74, 6) is 2.68. The van der Waals surface area contributed by atoms with E-state index in [1.54, 1.807) is 6.92 Å². The van der Waals surface area contributed by atoms with Crippen molar-refractivity contribution in [3.63, 3.8) is 0 Å². The molecule has 0 spiro atoms. The Hall–Kier alpha value is -1.97. The Morgan fingerprint density at radius 1 is 1.30 bits per heavy atom. The predicted octanol–water partition coefficient (Wildman–Crippen LogP) is 2.69. The van der Waals surface area contributed by atoms with Crippen LogP contribution in [-0.2, 0) is 0 Å². The lowest BCUT2D eigenvalue weighted by Crippen LogP contribution is -2.07. The average molecular weight is 284 g/mol. The molecule has 0 saturated heterocycles. The van der Waals surface area contributed by atoms with Crippen molar-refractivity contribution >= 4 is 20.1 Å². The molecule has 104 valence electrons. The fourth-order valence-corrected chi connectivity index (χ4v) is 2.26. The normalized spacial score (nSPS) is 13.1. The summed E-state index contributed by atoms with van der Waals surface area (Å²) < 4.78 is 0. The van der Waals surface area contributed by atoms with Crippen LogP contribution in [0.4, 0.5) is 0 Å². The third-order valence-electron chi connectivity index (χ3n) is 3.03. The Kier molecular flexibility index (Phi) is 5.62. The fourth-order valence-electron chi connectivity index (χ4n) is 2.07. The molecule has 0 fully saturated rings. The van der Waals surface area contributed by atoms with E-state index >= 15 is 0 Å². The first kappa shape index (κ1) is 16.1. The van der Waals surface area contributed by atoms with Crippen LogP contribution in [0, 0.1) is 12.3 Å². The van der Waals surface area contributed by atoms with Crippen LogP contribution in [0.15, 0.2) is 53.4 Å². The summed E-state index contributed by atoms with van der Waals surface area (Å²) in [6, 6.07) is 8.03. The van der Waals surface area contributed by atoms with Crippen molar-refractivity contribution in [3.8, 4) is 12.3 Å². The topological polar surface area (TPSA) is 52.0 Å². The highest BCUT2D eigenvalue weighted by Crippen LogP contribution is 2.31. The standard InChI is InChI=1S/C17H21N2P/c1-5-15(11(3)18)17(16(6-2)12(4)19)13-7-9-14(20)10-8-13/h1,7-10H,4,6,18-20H2,2-3H3/b15-11+,17-16-. The Labute approximate surface area is 123 Å². The molecule has 0 bridgehead atoms. The maximum Gasteiger partial charge on any atom is 0.0508 e. The molecule has 0 amide bonds. The third-order valence-corrected chi connectivity index (χ3v) is 3.42. The van der Waals surface area contributed by atoms with Gasteiger partial charge in [-0.1, -0.05) is 43.7 Å². The highest BCUT2D eigenvalue weighted by molar-refractivity contribution is 7.27. The van der Waals surface area contributed by atoms with Crippen LogP contribution < -0.4 is 16.8 Å². The summed E-state index contributed by atoms with van der Waals surface area (Å²) in [4.78, 5) is 0. The van der Waals surface area contributed by atoms with Crippen LogP contribution in [0.25, 0.3) is 5.57 Å². The monoisotopic (exact) mass is 284 g/mol. The largest absolute Gasteiger partial charge is 0.401 e. The van der Waals surface area contributed by atoms with Gasteiger partial charge in [-0.2, -0.15) is 0 Å². The zero-order chi connectivity index (χ0) is 15.3. The predicted molar refractivity (Wildman–Crippen MR) is 92.0 cm³/mol. The van der Waals surface area contributed by atoms with E-state index in [0.717, 1.165) is 28.4 Å². The molecule has 1 rings (SSSR count). The average Bonchev–Trinajstić information content (AvgIpc) is 2.39. The number of hydrogen-bond donors (Lipinski definition) is 2. The number of rotatable bonds is 4. The molecule has 1 unspecified atom stereocenters. The van der Waals surface area contributed by atoms with Crippen molar-refractivity contribution in [3.05, 3.63) is 58.9 Å². The van der Waals surface area contributed by atoms with Gasteiger partial charge >= 0.3 is 0 Å². The Bertz CT molecular complexity index is 609. The van der Waals surface area contributed by atoms with E-state index in [2.05, 4.69) is 21.7 Å². The van der Waals surface area contributed by atoms with Crippen LogP contribution in [0.5, 0.6) is 0 Å². The summed E-state index contributed by atoms with van der Waals surface area (Å²) >= 11 is 0. The van der Waals surface area contributed by atoms with Gasteiger partial charge in [0.1, 0.15) is 0 Å². The van der Waals surface area contributed by atoms with Gasteiger partial charge in [-0.25, -0.2) is 0 Å². The molecule has 0 aliphatic heterocycles. The van der Waals surface area contributed by atoms with E-state index in [9.17, 15) is 0 Å². The molecule has 1 aromatic carbocycles. The van der Waals surface area contributed by atoms with Gasteiger partial charge < -0.3 is 11.5 Å². The zero-order valence-corrected chi connectivity index (χ0v) is 13.2. The number of nitrogens with two attached hydrogens (primary N) is 2. The maximum absolute atomic E-state index is 5.94. The molecule has 3 heteroatoms. The minimum absolute atomic E-state index is 0.520. The molecule has 1 aromatic rings. The summed E-state index contributed by atoms with van der Waals surface area (Å²) in [5, 5.41) is 1.11. The van der Waals surface area contributed by atoms with Crippen molar-refractivity contribution < 1.29 is 0 Å². The van der Waals surface area contributed by atoms with Gasteiger partial charge in [0.25, 0.3) is 0 Å². The first-order valence-electron chi connectivity index (χ1n) is 6.39. The van der Waals surface area contributed by atoms with Crippen molar-refractivity contribution in [2.75, 3.05) is 0 Å². The zero-order valence-electron chi connectivity index (χ0n) is 12.0. The molecule has 2 nitrogen and oxygen atoms in total. The van der Waals surface area contributed by atoms with Crippen LogP contribution in [0.2, 0.25) is 0 Å². The van der Waals surface area contributed by atoms with Crippen LogP contribution >= 0.6 is 9.24 Å². The second kappa shape index (κ2) is 6.98. The second-order valence-corrected chi connectivity index (χ2v) is 5.22. The Balaban J connectivity index is 3.68. The number of terminal acetylenes is 1. The van der Waals surface area contributed by atoms with Gasteiger partial charge in [-0.05, 0) is 29.8 Å². The first-order valence-corrected chi connectivity index (χ1v) is 6.97. The number of benzene rings is 1. The summed E-state index contributed by atoms with van der Waals surface area (Å²) in [6.45, 7) is 7.67. The van der Waals surface area contributed by atoms with Gasteiger partial charge in [-0.15, -0.1) is 15.7 Å². The van der Waals surface area contributed by atoms with Gasteiger partial charge in [0.15, 0.2) is 0 Å². The lowest BCUT2D eigenvalue weighted by atomic mass is 9.90. The fraction of sp³-hybridized carbons (Fsp3) is 0.176. The number of hydrogen-bond acceptors (Lipinski definition) is 2. The smallest absolute Gasteiger partial charge is 0.0508 e. The van der Waals surface area contributed by atoms with E-state index in [1.165, 1.54) is 0 Å². The molecule has 0 radical (unpaired) electrons. The van der Waals surface area contributed by atoms with E-state index < -0.39 is 0 Å². The minimum atomic E-state index is 0.520. The molecule has 0 aromatic heterocycles. The highest BCUT2D eigenvalue weighted by Gasteiger charge is 2.14. The lowest BCUT2D eigenvalue weighted by Gasteiger charge is -2.16. The molecular formula is C17H21N2P. The second-order valence-electron chi connectivity index (χ2n) is 4.56. The number of allylic oxidation sites excluding steroid dienone is 4. The van der Waals surface area contributed by atoms with Crippen molar-refractivity contribution in [1.82, 2.24) is 0 Å². The molecule has 0 saturated carbocycles. The first-order chi connectivity index (χ1) is 9.42. The van der Waals surface area contributed by atoms with Crippen LogP contribution in [-0.4, -0.2) is 0 Å². The molecule has 1 atom stereocenters.